The van der Waals surface area contributed by atoms with E-state index in [1.807, 2.05) is 6.92 Å². The van der Waals surface area contributed by atoms with E-state index in [2.05, 4.69) is 37.9 Å². The molecule has 0 rings (SSSR count). The maximum Gasteiger partial charge on any atom is 0.0869 e. The first kappa shape index (κ1) is 17.8. The molecule has 0 aliphatic carbocycles. The van der Waals surface area contributed by atoms with Crippen molar-refractivity contribution >= 4 is 0 Å². The van der Waals surface area contributed by atoms with Crippen molar-refractivity contribution in [2.24, 2.45) is 5.92 Å². The Balaban J connectivity index is 4.24. The molecule has 0 fully saturated rings. The third kappa shape index (κ3) is 9.83. The van der Waals surface area contributed by atoms with E-state index in [-0.39, 0.29) is 0 Å². The van der Waals surface area contributed by atoms with Crippen LogP contribution in [0.25, 0.3) is 0 Å². The van der Waals surface area contributed by atoms with Crippen LogP contribution in [-0.4, -0.2) is 61.5 Å². The van der Waals surface area contributed by atoms with E-state index < -0.39 is 5.60 Å². The zero-order valence-corrected chi connectivity index (χ0v) is 13.0. The van der Waals surface area contributed by atoms with Crippen LogP contribution in [0.4, 0.5) is 0 Å². The predicted molar refractivity (Wildman–Crippen MR) is 76.9 cm³/mol. The Morgan fingerprint density at radius 1 is 1.28 bits per heavy atom. The van der Waals surface area contributed by atoms with Gasteiger partial charge in [0.25, 0.3) is 0 Å². The molecule has 110 valence electrons. The molecule has 0 aromatic rings. The Morgan fingerprint density at radius 2 is 1.89 bits per heavy atom. The van der Waals surface area contributed by atoms with E-state index in [9.17, 15) is 5.11 Å². The fourth-order valence-corrected chi connectivity index (χ4v) is 1.93. The third-order valence-electron chi connectivity index (χ3n) is 2.69. The minimum atomic E-state index is -0.701. The molecule has 4 nitrogen and oxygen atoms in total. The molecule has 0 amide bonds. The van der Waals surface area contributed by atoms with Gasteiger partial charge < -0.3 is 15.2 Å². The minimum Gasteiger partial charge on any atom is -0.388 e. The molecule has 0 saturated heterocycles. The molecule has 0 saturated carbocycles. The van der Waals surface area contributed by atoms with E-state index in [1.165, 1.54) is 0 Å². The first-order chi connectivity index (χ1) is 8.26. The number of ether oxygens (including phenoxy) is 1. The van der Waals surface area contributed by atoms with Gasteiger partial charge >= 0.3 is 0 Å². The highest BCUT2D eigenvalue weighted by Crippen LogP contribution is 2.08. The summed E-state index contributed by atoms with van der Waals surface area (Å²) in [6.45, 7) is 14.3. The van der Waals surface area contributed by atoms with E-state index in [0.29, 0.717) is 31.7 Å². The van der Waals surface area contributed by atoms with Gasteiger partial charge in [0, 0.05) is 39.3 Å². The quantitative estimate of drug-likeness (QED) is 0.622. The topological polar surface area (TPSA) is 44.7 Å². The van der Waals surface area contributed by atoms with Gasteiger partial charge in [0.15, 0.2) is 0 Å². The Kier molecular flexibility index (Phi) is 8.78. The molecular formula is C14H32N2O2. The maximum atomic E-state index is 10.4. The van der Waals surface area contributed by atoms with Gasteiger partial charge in [0.1, 0.15) is 0 Å². The normalized spacial score (nSPS) is 15.7. The summed E-state index contributed by atoms with van der Waals surface area (Å²) in [4.78, 5) is 2.27. The summed E-state index contributed by atoms with van der Waals surface area (Å²) < 4.78 is 5.13. The number of rotatable bonds is 10. The van der Waals surface area contributed by atoms with Gasteiger partial charge in [-0.25, -0.2) is 0 Å². The van der Waals surface area contributed by atoms with Crippen LogP contribution in [-0.2, 0) is 4.74 Å². The lowest BCUT2D eigenvalue weighted by atomic mass is 10.0. The van der Waals surface area contributed by atoms with Crippen molar-refractivity contribution < 1.29 is 9.84 Å². The van der Waals surface area contributed by atoms with E-state index in [0.717, 1.165) is 13.1 Å². The highest BCUT2D eigenvalue weighted by molar-refractivity contribution is 4.81. The van der Waals surface area contributed by atoms with Crippen LogP contribution in [0.1, 0.15) is 34.6 Å². The second kappa shape index (κ2) is 8.86. The molecule has 0 bridgehead atoms. The van der Waals surface area contributed by atoms with Crippen molar-refractivity contribution in [3.63, 3.8) is 0 Å². The van der Waals surface area contributed by atoms with E-state index in [4.69, 9.17) is 4.74 Å². The Hall–Kier alpha value is -0.160. The SMILES string of the molecule is COCCN(CC(C)C)CC(C)(O)CNC(C)C. The minimum absolute atomic E-state index is 0.397. The number of nitrogens with zero attached hydrogens (tertiary/aromatic N) is 1. The van der Waals surface area contributed by atoms with Crippen molar-refractivity contribution in [3.8, 4) is 0 Å². The molecule has 0 spiro atoms. The molecule has 0 radical (unpaired) electrons. The smallest absolute Gasteiger partial charge is 0.0869 e. The van der Waals surface area contributed by atoms with Crippen molar-refractivity contribution in [1.29, 1.82) is 0 Å². The molecule has 0 aliphatic rings. The summed E-state index contributed by atoms with van der Waals surface area (Å²) in [5, 5.41) is 13.7. The molecule has 18 heavy (non-hydrogen) atoms. The average molecular weight is 260 g/mol. The lowest BCUT2D eigenvalue weighted by Gasteiger charge is -2.33. The maximum absolute atomic E-state index is 10.4. The highest BCUT2D eigenvalue weighted by Gasteiger charge is 2.24. The summed E-state index contributed by atoms with van der Waals surface area (Å²) in [5.74, 6) is 0.593. The summed E-state index contributed by atoms with van der Waals surface area (Å²) in [6, 6.07) is 0.397. The average Bonchev–Trinajstić information content (AvgIpc) is 2.22. The standard InChI is InChI=1S/C14H32N2O2/c1-12(2)9-16(7-8-18-6)11-14(5,17)10-15-13(3)4/h12-13,15,17H,7-11H2,1-6H3. The van der Waals surface area contributed by atoms with Crippen LogP contribution in [0, 0.1) is 5.92 Å². The summed E-state index contributed by atoms with van der Waals surface area (Å²) in [5.41, 5.74) is -0.701. The Labute approximate surface area is 113 Å². The highest BCUT2D eigenvalue weighted by atomic mass is 16.5. The largest absolute Gasteiger partial charge is 0.388 e. The molecule has 1 atom stereocenters. The zero-order valence-electron chi connectivity index (χ0n) is 13.0. The van der Waals surface area contributed by atoms with Crippen LogP contribution in [0.15, 0.2) is 0 Å². The molecule has 1 unspecified atom stereocenters. The fraction of sp³-hybridized carbons (Fsp3) is 1.00. The Bertz CT molecular complexity index is 206. The molecule has 0 aliphatic heterocycles. The summed E-state index contributed by atoms with van der Waals surface area (Å²) in [7, 11) is 1.71. The fourth-order valence-electron chi connectivity index (χ4n) is 1.93. The Morgan fingerprint density at radius 3 is 2.33 bits per heavy atom. The van der Waals surface area contributed by atoms with Crippen molar-refractivity contribution in [2.75, 3.05) is 39.9 Å². The zero-order chi connectivity index (χ0) is 14.2. The molecular weight excluding hydrogens is 228 g/mol. The molecule has 0 aromatic heterocycles. The third-order valence-corrected chi connectivity index (χ3v) is 2.69. The van der Waals surface area contributed by atoms with Crippen molar-refractivity contribution in [3.05, 3.63) is 0 Å². The molecule has 4 heteroatoms. The first-order valence-corrected chi connectivity index (χ1v) is 6.94. The van der Waals surface area contributed by atoms with Crippen LogP contribution < -0.4 is 5.32 Å². The summed E-state index contributed by atoms with van der Waals surface area (Å²) in [6.07, 6.45) is 0. The number of aliphatic hydroxyl groups is 1. The van der Waals surface area contributed by atoms with Gasteiger partial charge in [-0.15, -0.1) is 0 Å². The van der Waals surface area contributed by atoms with Gasteiger partial charge in [-0.1, -0.05) is 27.7 Å². The monoisotopic (exact) mass is 260 g/mol. The van der Waals surface area contributed by atoms with E-state index >= 15 is 0 Å². The van der Waals surface area contributed by atoms with Crippen LogP contribution >= 0.6 is 0 Å². The van der Waals surface area contributed by atoms with E-state index in [1.54, 1.807) is 7.11 Å². The number of hydrogen-bond acceptors (Lipinski definition) is 4. The molecule has 2 N–H and O–H groups in total. The van der Waals surface area contributed by atoms with Crippen molar-refractivity contribution in [1.82, 2.24) is 10.2 Å². The second-order valence-corrected chi connectivity index (χ2v) is 6.15. The molecule has 0 heterocycles. The second-order valence-electron chi connectivity index (χ2n) is 6.15. The molecule has 0 aromatic carbocycles. The lowest BCUT2D eigenvalue weighted by Crippen LogP contribution is -2.50. The predicted octanol–water partition coefficient (Wildman–Crippen LogP) is 1.34. The van der Waals surface area contributed by atoms with Crippen LogP contribution in [0.3, 0.4) is 0 Å². The van der Waals surface area contributed by atoms with Gasteiger partial charge in [-0.3, -0.25) is 4.90 Å². The number of hydrogen-bond donors (Lipinski definition) is 2. The number of nitrogens with one attached hydrogen (secondary N) is 1. The van der Waals surface area contributed by atoms with Crippen molar-refractivity contribution in [2.45, 2.75) is 46.3 Å². The van der Waals surface area contributed by atoms with Gasteiger partial charge in [0.05, 0.1) is 12.2 Å². The summed E-state index contributed by atoms with van der Waals surface area (Å²) >= 11 is 0. The first-order valence-electron chi connectivity index (χ1n) is 6.94. The lowest BCUT2D eigenvalue weighted by molar-refractivity contribution is 0.00868. The van der Waals surface area contributed by atoms with Crippen LogP contribution in [0.5, 0.6) is 0 Å². The number of methoxy groups -OCH3 is 1. The van der Waals surface area contributed by atoms with Gasteiger partial charge in [-0.05, 0) is 12.8 Å². The van der Waals surface area contributed by atoms with Crippen LogP contribution in [0.2, 0.25) is 0 Å². The van der Waals surface area contributed by atoms with Gasteiger partial charge in [0.2, 0.25) is 0 Å². The van der Waals surface area contributed by atoms with Gasteiger partial charge in [-0.2, -0.15) is 0 Å².